The number of aromatic hydroxyl groups is 1. The molecular formula is C38H46N2O2. The van der Waals surface area contributed by atoms with Gasteiger partial charge in [0.1, 0.15) is 12.5 Å². The van der Waals surface area contributed by atoms with Crippen molar-refractivity contribution in [2.24, 2.45) is 0 Å². The molecule has 0 saturated heterocycles. The van der Waals surface area contributed by atoms with Crippen molar-refractivity contribution in [1.82, 2.24) is 0 Å². The molecule has 0 aromatic heterocycles. The smallest absolute Gasteiger partial charge is 0.120 e. The van der Waals surface area contributed by atoms with Gasteiger partial charge >= 0.3 is 0 Å². The summed E-state index contributed by atoms with van der Waals surface area (Å²) in [6.45, 7) is 10.8. The Morgan fingerprint density at radius 1 is 0.833 bits per heavy atom. The van der Waals surface area contributed by atoms with E-state index < -0.39 is 5.41 Å². The number of nitrogens with one attached hydrogen (secondary N) is 1. The molecule has 4 aromatic carbocycles. The van der Waals surface area contributed by atoms with Crippen LogP contribution in [-0.4, -0.2) is 25.0 Å². The zero-order chi connectivity index (χ0) is 30.3. The fourth-order valence-electron chi connectivity index (χ4n) is 6.76. The van der Waals surface area contributed by atoms with E-state index in [1.807, 2.05) is 38.0 Å². The molecule has 0 heterocycles. The van der Waals surface area contributed by atoms with E-state index in [4.69, 9.17) is 4.79 Å². The lowest BCUT2D eigenvalue weighted by Crippen LogP contribution is -2.33. The molecule has 220 valence electrons. The number of nitrogens with zero attached hydrogens (tertiary/aromatic N) is 1. The summed E-state index contributed by atoms with van der Waals surface area (Å²) in [7, 11) is 2.25. The lowest BCUT2D eigenvalue weighted by Gasteiger charge is -2.37. The molecule has 0 bridgehead atoms. The molecule has 4 aromatic rings. The van der Waals surface area contributed by atoms with Crippen LogP contribution in [0.25, 0.3) is 0 Å². The largest absolute Gasteiger partial charge is 0.508 e. The van der Waals surface area contributed by atoms with Crippen molar-refractivity contribution in [2.75, 3.05) is 17.3 Å². The lowest BCUT2D eigenvalue weighted by molar-refractivity contribution is -0.0980. The van der Waals surface area contributed by atoms with Crippen LogP contribution >= 0.6 is 0 Å². The molecule has 5 rings (SSSR count). The van der Waals surface area contributed by atoms with Crippen molar-refractivity contribution in [3.63, 3.8) is 0 Å². The van der Waals surface area contributed by atoms with Crippen molar-refractivity contribution in [3.8, 4) is 5.75 Å². The molecule has 1 fully saturated rings. The highest BCUT2D eigenvalue weighted by Crippen LogP contribution is 2.47. The fourth-order valence-corrected chi connectivity index (χ4v) is 6.76. The second-order valence-corrected chi connectivity index (χ2v) is 11.7. The highest BCUT2D eigenvalue weighted by atomic mass is 16.3. The molecule has 0 radical (unpaired) electrons. The zero-order valence-corrected chi connectivity index (χ0v) is 25.9. The molecule has 2 N–H and O–H groups in total. The average molecular weight is 563 g/mol. The number of aryl methyl sites for hydroxylation is 3. The Hall–Kier alpha value is -4.05. The maximum Gasteiger partial charge on any atom is 0.120 e. The van der Waals surface area contributed by atoms with Gasteiger partial charge in [-0.3, -0.25) is 0 Å². The van der Waals surface area contributed by atoms with Gasteiger partial charge in [-0.25, -0.2) is 0 Å². The van der Waals surface area contributed by atoms with Crippen LogP contribution in [0.15, 0.2) is 84.9 Å². The summed E-state index contributed by atoms with van der Waals surface area (Å²) in [5.41, 5.74) is 9.68. The summed E-state index contributed by atoms with van der Waals surface area (Å²) in [4.78, 5) is 10.5. The second kappa shape index (κ2) is 13.7. The molecule has 1 atom stereocenters. The van der Waals surface area contributed by atoms with Crippen molar-refractivity contribution < 1.29 is 9.90 Å². The van der Waals surface area contributed by atoms with Gasteiger partial charge in [0.05, 0.1) is 0 Å². The molecule has 0 spiro atoms. The predicted octanol–water partition coefficient (Wildman–Crippen LogP) is 9.25. The minimum Gasteiger partial charge on any atom is -0.508 e. The van der Waals surface area contributed by atoms with E-state index >= 15 is 0 Å². The number of hydrogen-bond acceptors (Lipinski definition) is 4. The first kappa shape index (κ1) is 30.9. The number of benzene rings is 4. The molecule has 4 heteroatoms. The van der Waals surface area contributed by atoms with Gasteiger partial charge in [0.2, 0.25) is 0 Å². The quantitative estimate of drug-likeness (QED) is 0.166. The van der Waals surface area contributed by atoms with Gasteiger partial charge in [0, 0.05) is 41.1 Å². The van der Waals surface area contributed by atoms with Gasteiger partial charge in [-0.05, 0) is 104 Å². The predicted molar refractivity (Wildman–Crippen MR) is 178 cm³/mol. The number of carbonyl (C=O) groups is 1. The number of hydrogen-bond donors (Lipinski definition) is 2. The summed E-state index contributed by atoms with van der Waals surface area (Å²) in [6, 6.07) is 30.6. The normalized spacial score (nSPS) is 14.8. The van der Waals surface area contributed by atoms with Crippen LogP contribution in [0.2, 0.25) is 0 Å². The number of phenolic OH excluding ortho intramolecular Hbond substituents is 1. The molecule has 0 aliphatic heterocycles. The van der Waals surface area contributed by atoms with E-state index in [0.717, 1.165) is 28.9 Å². The van der Waals surface area contributed by atoms with Gasteiger partial charge in [0.15, 0.2) is 0 Å². The zero-order valence-electron chi connectivity index (χ0n) is 25.9. The first-order valence-corrected chi connectivity index (χ1v) is 15.2. The van der Waals surface area contributed by atoms with Crippen LogP contribution in [0, 0.1) is 13.8 Å². The second-order valence-electron chi connectivity index (χ2n) is 11.7. The van der Waals surface area contributed by atoms with Gasteiger partial charge in [-0.1, -0.05) is 74.7 Å². The third-order valence-corrected chi connectivity index (χ3v) is 9.15. The van der Waals surface area contributed by atoms with Gasteiger partial charge in [-0.2, -0.15) is 0 Å². The highest BCUT2D eigenvalue weighted by Gasteiger charge is 2.37. The molecule has 1 saturated carbocycles. The highest BCUT2D eigenvalue weighted by molar-refractivity contribution is 5.70. The Balaban J connectivity index is 0.00000198. The molecule has 1 unspecified atom stereocenters. The third-order valence-electron chi connectivity index (χ3n) is 9.15. The van der Waals surface area contributed by atoms with Gasteiger partial charge in [0.25, 0.3) is 0 Å². The van der Waals surface area contributed by atoms with E-state index in [1.54, 1.807) is 0 Å². The Morgan fingerprint density at radius 3 is 2.17 bits per heavy atom. The van der Waals surface area contributed by atoms with E-state index in [9.17, 15) is 5.11 Å². The molecule has 1 aliphatic carbocycles. The average Bonchev–Trinajstić information content (AvgIpc) is 3.03. The van der Waals surface area contributed by atoms with E-state index in [-0.39, 0.29) is 0 Å². The summed E-state index contributed by atoms with van der Waals surface area (Å²) in [5, 5.41) is 15.2. The summed E-state index contributed by atoms with van der Waals surface area (Å²) >= 11 is 0. The van der Waals surface area contributed by atoms with E-state index in [1.165, 1.54) is 60.0 Å². The molecule has 42 heavy (non-hydrogen) atoms. The topological polar surface area (TPSA) is 52.6 Å². The summed E-state index contributed by atoms with van der Waals surface area (Å²) in [6.07, 6.45) is 7.47. The van der Waals surface area contributed by atoms with Crippen molar-refractivity contribution in [1.29, 1.82) is 0 Å². The minimum atomic E-state index is -0.552. The lowest BCUT2D eigenvalue weighted by atomic mass is 9.67. The Labute approximate surface area is 252 Å². The first-order valence-electron chi connectivity index (χ1n) is 15.2. The molecule has 0 amide bonds. The van der Waals surface area contributed by atoms with Crippen molar-refractivity contribution in [3.05, 3.63) is 118 Å². The number of rotatable bonds is 8. The number of phenols is 1. The number of anilines is 3. The van der Waals surface area contributed by atoms with Gasteiger partial charge in [-0.15, -0.1) is 0 Å². The standard InChI is InChI=1S/C37H44N2O.CH2O/c1-6-28-15-13-14-20-33(28)37(4,32-22-21-31(23-26(32)2)39(5)30-18-11-8-12-19-30)34-25-35(27(3)24-36(34)40)38-29-16-9-7-10-17-29;1-2/h7,9-10,13-17,20-25,30,38,40H,6,8,11-12,18-19H2,1-5H3;1H2. The summed E-state index contributed by atoms with van der Waals surface area (Å²) < 4.78 is 0. The van der Waals surface area contributed by atoms with Crippen molar-refractivity contribution >= 4 is 23.9 Å². The van der Waals surface area contributed by atoms with Crippen LogP contribution in [0.3, 0.4) is 0 Å². The van der Waals surface area contributed by atoms with Crippen LogP contribution in [-0.2, 0) is 16.6 Å². The minimum absolute atomic E-state index is 0.326. The SMILES string of the molecule is C=O.CCc1ccccc1C(C)(c1ccc(N(C)C2CCCCC2)cc1C)c1cc(Nc2ccccc2)c(C)cc1O. The Kier molecular flexibility index (Phi) is 10.1. The molecule has 4 nitrogen and oxygen atoms in total. The maximum absolute atomic E-state index is 11.6. The van der Waals surface area contributed by atoms with E-state index in [0.29, 0.717) is 11.8 Å². The van der Waals surface area contributed by atoms with Crippen LogP contribution in [0.5, 0.6) is 5.75 Å². The monoisotopic (exact) mass is 562 g/mol. The van der Waals surface area contributed by atoms with E-state index in [2.05, 4.69) is 98.7 Å². The Bertz CT molecular complexity index is 1480. The fraction of sp³-hybridized carbons (Fsp3) is 0.342. The molecular weight excluding hydrogens is 516 g/mol. The van der Waals surface area contributed by atoms with Crippen molar-refractivity contribution in [2.45, 2.75) is 77.7 Å². The molecule has 1 aliphatic rings. The Morgan fingerprint density at radius 2 is 1.50 bits per heavy atom. The first-order chi connectivity index (χ1) is 20.3. The summed E-state index contributed by atoms with van der Waals surface area (Å²) in [5.74, 6) is 0.326. The number of para-hydroxylation sites is 1. The maximum atomic E-state index is 11.6. The van der Waals surface area contributed by atoms with Gasteiger partial charge < -0.3 is 20.1 Å². The van der Waals surface area contributed by atoms with Crippen LogP contribution in [0.1, 0.15) is 79.3 Å². The number of carbonyl (C=O) groups excluding carboxylic acids is 1. The van der Waals surface area contributed by atoms with Crippen LogP contribution in [0.4, 0.5) is 17.1 Å². The van der Waals surface area contributed by atoms with Crippen LogP contribution < -0.4 is 10.2 Å². The third kappa shape index (κ3) is 6.23.